The van der Waals surface area contributed by atoms with Crippen LogP contribution in [0.1, 0.15) is 17.2 Å². The summed E-state index contributed by atoms with van der Waals surface area (Å²) in [7, 11) is 0. The SMILES string of the molecule is C=CCOc1ccc(Cl)c(Cl)c1C(O)c1cccc2[nH]ccc12. The van der Waals surface area contributed by atoms with Crippen molar-refractivity contribution in [1.82, 2.24) is 4.98 Å². The van der Waals surface area contributed by atoms with Gasteiger partial charge >= 0.3 is 0 Å². The Hall–Kier alpha value is -1.94. The van der Waals surface area contributed by atoms with E-state index >= 15 is 0 Å². The number of H-pyrrole nitrogens is 1. The monoisotopic (exact) mass is 347 g/mol. The number of nitrogens with one attached hydrogen (secondary N) is 1. The molecule has 0 spiro atoms. The number of hydrogen-bond acceptors (Lipinski definition) is 2. The van der Waals surface area contributed by atoms with Gasteiger partial charge in [-0.2, -0.15) is 0 Å². The molecule has 1 unspecified atom stereocenters. The molecule has 0 aliphatic heterocycles. The Labute approximate surface area is 144 Å². The molecule has 0 radical (unpaired) electrons. The van der Waals surface area contributed by atoms with Crippen molar-refractivity contribution in [2.75, 3.05) is 6.61 Å². The Morgan fingerprint density at radius 1 is 1.22 bits per heavy atom. The quantitative estimate of drug-likeness (QED) is 0.629. The van der Waals surface area contributed by atoms with Crippen LogP contribution in [-0.4, -0.2) is 16.7 Å². The summed E-state index contributed by atoms with van der Waals surface area (Å²) in [4.78, 5) is 3.13. The van der Waals surface area contributed by atoms with Gasteiger partial charge in [-0.25, -0.2) is 0 Å². The topological polar surface area (TPSA) is 45.2 Å². The highest BCUT2D eigenvalue weighted by Gasteiger charge is 2.23. The number of hydrogen-bond donors (Lipinski definition) is 2. The van der Waals surface area contributed by atoms with Crippen molar-refractivity contribution in [2.45, 2.75) is 6.10 Å². The summed E-state index contributed by atoms with van der Waals surface area (Å²) in [6, 6.07) is 10.9. The Balaban J connectivity index is 2.14. The van der Waals surface area contributed by atoms with Gasteiger partial charge in [0.25, 0.3) is 0 Å². The van der Waals surface area contributed by atoms with E-state index < -0.39 is 6.10 Å². The molecule has 3 nitrogen and oxygen atoms in total. The maximum atomic E-state index is 10.9. The molecule has 1 atom stereocenters. The average molecular weight is 348 g/mol. The van der Waals surface area contributed by atoms with E-state index in [1.807, 2.05) is 30.5 Å². The molecule has 2 N–H and O–H groups in total. The van der Waals surface area contributed by atoms with Crippen LogP contribution >= 0.6 is 23.2 Å². The van der Waals surface area contributed by atoms with Crippen LogP contribution in [-0.2, 0) is 0 Å². The second kappa shape index (κ2) is 6.67. The maximum Gasteiger partial charge on any atom is 0.127 e. The minimum atomic E-state index is -0.958. The third-order valence-electron chi connectivity index (χ3n) is 3.65. The predicted molar refractivity (Wildman–Crippen MR) is 94.5 cm³/mol. The van der Waals surface area contributed by atoms with Gasteiger partial charge in [0.15, 0.2) is 0 Å². The van der Waals surface area contributed by atoms with Crippen LogP contribution < -0.4 is 4.74 Å². The first-order valence-corrected chi connectivity index (χ1v) is 7.84. The van der Waals surface area contributed by atoms with Crippen LogP contribution in [0, 0.1) is 0 Å². The first kappa shape index (κ1) is 15.9. The Morgan fingerprint density at radius 2 is 2.04 bits per heavy atom. The number of halogens is 2. The summed E-state index contributed by atoms with van der Waals surface area (Å²) in [5, 5.41) is 12.5. The van der Waals surface area contributed by atoms with Crippen molar-refractivity contribution in [3.05, 3.63) is 76.4 Å². The molecule has 3 rings (SSSR count). The molecule has 0 aliphatic carbocycles. The fraction of sp³-hybridized carbons (Fsp3) is 0.111. The number of fused-ring (bicyclic) bond motifs is 1. The van der Waals surface area contributed by atoms with E-state index in [0.29, 0.717) is 22.9 Å². The van der Waals surface area contributed by atoms with Crippen LogP contribution in [0.15, 0.2) is 55.3 Å². The minimum Gasteiger partial charge on any atom is -0.489 e. The second-order valence-corrected chi connectivity index (χ2v) is 5.85. The summed E-state index contributed by atoms with van der Waals surface area (Å²) in [6.07, 6.45) is 2.50. The van der Waals surface area contributed by atoms with E-state index in [1.54, 1.807) is 18.2 Å². The van der Waals surface area contributed by atoms with Gasteiger partial charge < -0.3 is 14.8 Å². The molecule has 0 bridgehead atoms. The van der Waals surface area contributed by atoms with Crippen LogP contribution in [0.25, 0.3) is 10.9 Å². The summed E-state index contributed by atoms with van der Waals surface area (Å²) in [5.74, 6) is 0.485. The Kier molecular flexibility index (Phi) is 4.62. The van der Waals surface area contributed by atoms with Gasteiger partial charge in [0.2, 0.25) is 0 Å². The third-order valence-corrected chi connectivity index (χ3v) is 4.46. The lowest BCUT2D eigenvalue weighted by atomic mass is 9.97. The predicted octanol–water partition coefficient (Wildman–Crippen LogP) is 5.12. The van der Waals surface area contributed by atoms with E-state index in [4.69, 9.17) is 27.9 Å². The standard InChI is InChI=1S/C18H15Cl2NO2/c1-2-10-23-15-7-6-13(19)17(20)16(15)18(22)12-4-3-5-14-11(12)8-9-21-14/h2-9,18,21-22H,1,10H2. The molecule has 3 aromatic rings. The summed E-state index contributed by atoms with van der Waals surface area (Å²) >= 11 is 12.5. The number of aliphatic hydroxyl groups is 1. The fourth-order valence-electron chi connectivity index (χ4n) is 2.58. The number of aliphatic hydroxyl groups excluding tert-OH is 1. The van der Waals surface area contributed by atoms with Crippen LogP contribution in [0.4, 0.5) is 0 Å². The first-order valence-electron chi connectivity index (χ1n) is 7.09. The lowest BCUT2D eigenvalue weighted by Gasteiger charge is -2.19. The highest BCUT2D eigenvalue weighted by atomic mass is 35.5. The maximum absolute atomic E-state index is 10.9. The zero-order valence-corrected chi connectivity index (χ0v) is 13.7. The number of benzene rings is 2. The van der Waals surface area contributed by atoms with Gasteiger partial charge in [-0.15, -0.1) is 0 Å². The normalized spacial score (nSPS) is 12.3. The van der Waals surface area contributed by atoms with Crippen molar-refractivity contribution in [1.29, 1.82) is 0 Å². The molecule has 23 heavy (non-hydrogen) atoms. The number of ether oxygens (including phenoxy) is 1. The number of aromatic nitrogens is 1. The lowest BCUT2D eigenvalue weighted by molar-refractivity contribution is 0.214. The molecule has 0 saturated carbocycles. The zero-order valence-electron chi connectivity index (χ0n) is 12.2. The summed E-state index contributed by atoms with van der Waals surface area (Å²) in [5.41, 5.74) is 2.12. The van der Waals surface area contributed by atoms with Gasteiger partial charge in [0, 0.05) is 22.7 Å². The molecule has 1 heterocycles. The van der Waals surface area contributed by atoms with Gasteiger partial charge in [-0.05, 0) is 29.8 Å². The van der Waals surface area contributed by atoms with Crippen molar-refractivity contribution in [3.8, 4) is 5.75 Å². The van der Waals surface area contributed by atoms with Crippen LogP contribution in [0.5, 0.6) is 5.75 Å². The molecule has 0 amide bonds. The van der Waals surface area contributed by atoms with Crippen molar-refractivity contribution in [2.24, 2.45) is 0 Å². The van der Waals surface area contributed by atoms with Crippen molar-refractivity contribution in [3.63, 3.8) is 0 Å². The van der Waals surface area contributed by atoms with Gasteiger partial charge in [-0.3, -0.25) is 0 Å². The second-order valence-electron chi connectivity index (χ2n) is 5.06. The molecular formula is C18H15Cl2NO2. The molecular weight excluding hydrogens is 333 g/mol. The summed E-state index contributed by atoms with van der Waals surface area (Å²) < 4.78 is 5.63. The Bertz CT molecular complexity index is 857. The first-order chi connectivity index (χ1) is 11.1. The Morgan fingerprint density at radius 3 is 2.83 bits per heavy atom. The molecule has 0 fully saturated rings. The van der Waals surface area contributed by atoms with Crippen molar-refractivity contribution >= 4 is 34.1 Å². The molecule has 0 saturated heterocycles. The molecule has 2 aromatic carbocycles. The molecule has 0 aliphatic rings. The van der Waals surface area contributed by atoms with Crippen LogP contribution in [0.2, 0.25) is 10.0 Å². The van der Waals surface area contributed by atoms with Crippen LogP contribution in [0.3, 0.4) is 0 Å². The van der Waals surface area contributed by atoms with E-state index in [1.165, 1.54) is 0 Å². The summed E-state index contributed by atoms with van der Waals surface area (Å²) in [6.45, 7) is 3.94. The minimum absolute atomic E-state index is 0.285. The van der Waals surface area contributed by atoms with E-state index in [-0.39, 0.29) is 5.02 Å². The highest BCUT2D eigenvalue weighted by Crippen LogP contribution is 2.41. The number of rotatable bonds is 5. The number of aromatic amines is 1. The smallest absolute Gasteiger partial charge is 0.127 e. The average Bonchev–Trinajstić information content (AvgIpc) is 3.04. The largest absolute Gasteiger partial charge is 0.489 e. The van der Waals surface area contributed by atoms with E-state index in [2.05, 4.69) is 11.6 Å². The molecule has 5 heteroatoms. The third kappa shape index (κ3) is 2.95. The molecule has 118 valence electrons. The lowest BCUT2D eigenvalue weighted by Crippen LogP contribution is -2.06. The van der Waals surface area contributed by atoms with Crippen molar-refractivity contribution < 1.29 is 9.84 Å². The van der Waals surface area contributed by atoms with E-state index in [9.17, 15) is 5.11 Å². The van der Waals surface area contributed by atoms with Gasteiger partial charge in [0.1, 0.15) is 18.5 Å². The highest BCUT2D eigenvalue weighted by molar-refractivity contribution is 6.42. The molecule has 1 aromatic heterocycles. The van der Waals surface area contributed by atoms with Gasteiger partial charge in [0.05, 0.1) is 10.0 Å². The fourth-order valence-corrected chi connectivity index (χ4v) is 3.01. The van der Waals surface area contributed by atoms with Gasteiger partial charge in [-0.1, -0.05) is 48.0 Å². The zero-order chi connectivity index (χ0) is 16.4. The van der Waals surface area contributed by atoms with E-state index in [0.717, 1.165) is 16.5 Å².